The van der Waals surface area contributed by atoms with Gasteiger partial charge in [-0.2, -0.15) is 0 Å². The van der Waals surface area contributed by atoms with E-state index >= 15 is 0 Å². The fourth-order valence-electron chi connectivity index (χ4n) is 2.76. The maximum atomic E-state index is 12.3. The average Bonchev–Trinajstić information content (AvgIpc) is 2.39. The number of nitrogens with two attached hydrogens (primary N) is 1. The zero-order chi connectivity index (χ0) is 13.8. The lowest BCUT2D eigenvalue weighted by Crippen LogP contribution is -2.30. The van der Waals surface area contributed by atoms with E-state index in [1.54, 1.807) is 0 Å². The molecule has 0 aromatic heterocycles. The molecular formula is C16H23NO2. The third-order valence-corrected chi connectivity index (χ3v) is 3.95. The molecule has 0 bridgehead atoms. The van der Waals surface area contributed by atoms with Crippen molar-refractivity contribution in [3.05, 3.63) is 35.4 Å². The van der Waals surface area contributed by atoms with Gasteiger partial charge in [0, 0.05) is 18.9 Å². The van der Waals surface area contributed by atoms with E-state index in [-0.39, 0.29) is 23.7 Å². The van der Waals surface area contributed by atoms with Crippen LogP contribution in [0.2, 0.25) is 0 Å². The summed E-state index contributed by atoms with van der Waals surface area (Å²) in [6.45, 7) is 5.21. The Morgan fingerprint density at radius 3 is 2.84 bits per heavy atom. The molecule has 3 nitrogen and oxygen atoms in total. The molecular weight excluding hydrogens is 238 g/mol. The van der Waals surface area contributed by atoms with Gasteiger partial charge in [0.2, 0.25) is 0 Å². The van der Waals surface area contributed by atoms with Crippen molar-refractivity contribution in [3.8, 4) is 0 Å². The van der Waals surface area contributed by atoms with Gasteiger partial charge in [0.25, 0.3) is 0 Å². The van der Waals surface area contributed by atoms with Gasteiger partial charge in [-0.1, -0.05) is 38.1 Å². The van der Waals surface area contributed by atoms with Crippen LogP contribution in [0.25, 0.3) is 0 Å². The summed E-state index contributed by atoms with van der Waals surface area (Å²) in [6, 6.07) is 8.24. The van der Waals surface area contributed by atoms with Crippen molar-refractivity contribution in [2.45, 2.75) is 32.8 Å². The molecule has 0 radical (unpaired) electrons. The second-order valence-electron chi connectivity index (χ2n) is 5.56. The minimum absolute atomic E-state index is 0.0577. The molecule has 2 N–H and O–H groups in total. The van der Waals surface area contributed by atoms with Crippen molar-refractivity contribution in [2.24, 2.45) is 17.6 Å². The Morgan fingerprint density at radius 1 is 1.42 bits per heavy atom. The van der Waals surface area contributed by atoms with Crippen molar-refractivity contribution in [3.63, 3.8) is 0 Å². The van der Waals surface area contributed by atoms with Crippen LogP contribution in [0.4, 0.5) is 0 Å². The molecule has 1 aromatic rings. The Labute approximate surface area is 115 Å². The van der Waals surface area contributed by atoms with Gasteiger partial charge in [-0.05, 0) is 23.5 Å². The standard InChI is InChI=1S/C16H23NO2/c1-11(2)14(10-17)15(18)9-16-13-6-4-3-5-12(13)7-8-19-16/h3-6,11,14,16H,7-10,17H2,1-2H3. The van der Waals surface area contributed by atoms with Crippen molar-refractivity contribution in [1.82, 2.24) is 0 Å². The minimum atomic E-state index is -0.0924. The number of carbonyl (C=O) groups excluding carboxylic acids is 1. The molecule has 3 heteroatoms. The van der Waals surface area contributed by atoms with E-state index in [4.69, 9.17) is 10.5 Å². The van der Waals surface area contributed by atoms with Gasteiger partial charge >= 0.3 is 0 Å². The minimum Gasteiger partial charge on any atom is -0.373 e. The Kier molecular flexibility index (Phi) is 4.72. The SMILES string of the molecule is CC(C)C(CN)C(=O)CC1OCCc2ccccc21. The maximum Gasteiger partial charge on any atom is 0.140 e. The highest BCUT2D eigenvalue weighted by Crippen LogP contribution is 2.31. The summed E-state index contributed by atoms with van der Waals surface area (Å²) in [5, 5.41) is 0. The van der Waals surface area contributed by atoms with E-state index in [1.165, 1.54) is 11.1 Å². The maximum absolute atomic E-state index is 12.3. The molecule has 0 spiro atoms. The van der Waals surface area contributed by atoms with Crippen LogP contribution >= 0.6 is 0 Å². The van der Waals surface area contributed by atoms with Gasteiger partial charge < -0.3 is 10.5 Å². The number of carbonyl (C=O) groups is 1. The normalized spacial score (nSPS) is 20.1. The van der Waals surface area contributed by atoms with Crippen LogP contribution in [-0.2, 0) is 16.0 Å². The second kappa shape index (κ2) is 6.31. The molecule has 1 aliphatic rings. The summed E-state index contributed by atoms with van der Waals surface area (Å²) in [5.74, 6) is 0.452. The fourth-order valence-corrected chi connectivity index (χ4v) is 2.76. The Balaban J connectivity index is 2.10. The highest BCUT2D eigenvalue weighted by atomic mass is 16.5. The molecule has 1 aliphatic heterocycles. The molecule has 2 unspecified atom stereocenters. The summed E-state index contributed by atoms with van der Waals surface area (Å²) in [5.41, 5.74) is 8.19. The molecule has 104 valence electrons. The van der Waals surface area contributed by atoms with E-state index in [1.807, 2.05) is 26.0 Å². The summed E-state index contributed by atoms with van der Waals surface area (Å²) < 4.78 is 5.79. The molecule has 0 saturated heterocycles. The van der Waals surface area contributed by atoms with Crippen molar-refractivity contribution < 1.29 is 9.53 Å². The first-order chi connectivity index (χ1) is 9.13. The van der Waals surface area contributed by atoms with E-state index in [2.05, 4.69) is 12.1 Å². The first-order valence-electron chi connectivity index (χ1n) is 7.05. The lowest BCUT2D eigenvalue weighted by molar-refractivity contribution is -0.127. The average molecular weight is 261 g/mol. The van der Waals surface area contributed by atoms with Crippen LogP contribution in [0.15, 0.2) is 24.3 Å². The van der Waals surface area contributed by atoms with Crippen molar-refractivity contribution >= 4 is 5.78 Å². The van der Waals surface area contributed by atoms with Gasteiger partial charge in [0.1, 0.15) is 5.78 Å². The van der Waals surface area contributed by atoms with Crippen LogP contribution in [0.1, 0.15) is 37.5 Å². The third-order valence-electron chi connectivity index (χ3n) is 3.95. The van der Waals surface area contributed by atoms with E-state index in [0.717, 1.165) is 6.42 Å². The number of benzene rings is 1. The fraction of sp³-hybridized carbons (Fsp3) is 0.562. The van der Waals surface area contributed by atoms with Gasteiger partial charge in [-0.15, -0.1) is 0 Å². The topological polar surface area (TPSA) is 52.3 Å². The molecule has 2 atom stereocenters. The highest BCUT2D eigenvalue weighted by Gasteiger charge is 2.27. The lowest BCUT2D eigenvalue weighted by atomic mass is 9.86. The molecule has 1 aromatic carbocycles. The summed E-state index contributed by atoms with van der Waals surface area (Å²) in [7, 11) is 0. The van der Waals surface area contributed by atoms with E-state index < -0.39 is 0 Å². The molecule has 0 aliphatic carbocycles. The van der Waals surface area contributed by atoms with Crippen LogP contribution in [-0.4, -0.2) is 18.9 Å². The number of fused-ring (bicyclic) bond motifs is 1. The van der Waals surface area contributed by atoms with Crippen LogP contribution in [0.5, 0.6) is 0 Å². The summed E-state index contributed by atoms with van der Waals surface area (Å²) >= 11 is 0. The predicted molar refractivity (Wildman–Crippen MR) is 75.8 cm³/mol. The molecule has 19 heavy (non-hydrogen) atoms. The van der Waals surface area contributed by atoms with Gasteiger partial charge in [-0.3, -0.25) is 4.79 Å². The van der Waals surface area contributed by atoms with E-state index in [9.17, 15) is 4.79 Å². The number of rotatable bonds is 5. The van der Waals surface area contributed by atoms with Crippen LogP contribution in [0.3, 0.4) is 0 Å². The molecule has 0 amide bonds. The van der Waals surface area contributed by atoms with Crippen molar-refractivity contribution in [1.29, 1.82) is 0 Å². The quantitative estimate of drug-likeness (QED) is 0.886. The summed E-state index contributed by atoms with van der Waals surface area (Å²) in [4.78, 5) is 12.3. The van der Waals surface area contributed by atoms with Gasteiger partial charge in [-0.25, -0.2) is 0 Å². The zero-order valence-electron chi connectivity index (χ0n) is 11.8. The Bertz CT molecular complexity index is 442. The largest absolute Gasteiger partial charge is 0.373 e. The first-order valence-corrected chi connectivity index (χ1v) is 7.05. The summed E-state index contributed by atoms with van der Waals surface area (Å²) in [6.07, 6.45) is 1.29. The van der Waals surface area contributed by atoms with E-state index in [0.29, 0.717) is 19.6 Å². The van der Waals surface area contributed by atoms with Crippen molar-refractivity contribution in [2.75, 3.05) is 13.2 Å². The van der Waals surface area contributed by atoms with Gasteiger partial charge in [0.15, 0.2) is 0 Å². The van der Waals surface area contributed by atoms with Crippen LogP contribution < -0.4 is 5.73 Å². The number of hydrogen-bond acceptors (Lipinski definition) is 3. The zero-order valence-corrected chi connectivity index (χ0v) is 11.8. The van der Waals surface area contributed by atoms with Crippen LogP contribution in [0, 0.1) is 11.8 Å². The number of ketones is 1. The van der Waals surface area contributed by atoms with Gasteiger partial charge in [0.05, 0.1) is 12.7 Å². The highest BCUT2D eigenvalue weighted by molar-refractivity contribution is 5.82. The smallest absolute Gasteiger partial charge is 0.140 e. The Hall–Kier alpha value is -1.19. The number of Topliss-reactive ketones (excluding diaryl/α,β-unsaturated/α-hetero) is 1. The predicted octanol–water partition coefficient (Wildman–Crippen LogP) is 2.49. The number of hydrogen-bond donors (Lipinski definition) is 1. The number of ether oxygens (including phenoxy) is 1. The Morgan fingerprint density at radius 2 is 2.16 bits per heavy atom. The molecule has 1 heterocycles. The molecule has 2 rings (SSSR count). The second-order valence-corrected chi connectivity index (χ2v) is 5.56. The molecule has 0 fully saturated rings. The third kappa shape index (κ3) is 3.23. The first kappa shape index (κ1) is 14.2. The lowest BCUT2D eigenvalue weighted by Gasteiger charge is -2.27. The molecule has 0 saturated carbocycles. The monoisotopic (exact) mass is 261 g/mol.